The normalized spacial score (nSPS) is 20.1. The van der Waals surface area contributed by atoms with Crippen molar-refractivity contribution in [2.45, 2.75) is 37.5 Å². The van der Waals surface area contributed by atoms with E-state index in [0.29, 0.717) is 5.75 Å². The summed E-state index contributed by atoms with van der Waals surface area (Å²) in [5.74, 6) is -0.261. The predicted molar refractivity (Wildman–Crippen MR) is 81.9 cm³/mol. The van der Waals surface area contributed by atoms with E-state index in [-0.39, 0.29) is 10.9 Å². The lowest BCUT2D eigenvalue weighted by atomic mass is 10.2. The largest absolute Gasteiger partial charge is 0.497 e. The Kier molecular flexibility index (Phi) is 7.61. The van der Waals surface area contributed by atoms with Crippen LogP contribution in [0, 0.1) is 0 Å². The molecule has 0 bridgehead atoms. The zero-order valence-electron chi connectivity index (χ0n) is 12.0. The van der Waals surface area contributed by atoms with Crippen molar-refractivity contribution in [2.75, 3.05) is 7.11 Å². The summed E-state index contributed by atoms with van der Waals surface area (Å²) in [6.07, 6.45) is 5.31. The maximum absolute atomic E-state index is 10.4. The third-order valence-corrected chi connectivity index (χ3v) is 3.69. The molecule has 0 spiro atoms. The Morgan fingerprint density at radius 2 is 1.95 bits per heavy atom. The number of oxime groups is 1. The molecule has 2 rings (SSSR count). The van der Waals surface area contributed by atoms with Crippen LogP contribution in [0.4, 0.5) is 0 Å². The number of rotatable bonds is 2. The molecule has 1 fully saturated rings. The number of hydrogen-bond donors (Lipinski definition) is 2. The van der Waals surface area contributed by atoms with Crippen molar-refractivity contribution < 1.29 is 19.8 Å². The molecular formula is C15H20ClNO4. The molecule has 1 aliphatic carbocycles. The molecular weight excluding hydrogens is 294 g/mol. The number of aromatic carboxylic acids is 1. The van der Waals surface area contributed by atoms with Gasteiger partial charge in [-0.2, -0.15) is 0 Å². The van der Waals surface area contributed by atoms with Gasteiger partial charge in [0.2, 0.25) is 0 Å². The first-order chi connectivity index (χ1) is 10.1. The summed E-state index contributed by atoms with van der Waals surface area (Å²) in [6, 6.07) is 6.23. The van der Waals surface area contributed by atoms with Crippen LogP contribution in [0.25, 0.3) is 0 Å². The van der Waals surface area contributed by atoms with Gasteiger partial charge in [-0.05, 0) is 43.5 Å². The minimum Gasteiger partial charge on any atom is -0.497 e. The third kappa shape index (κ3) is 6.04. The van der Waals surface area contributed by atoms with E-state index in [1.165, 1.54) is 25.7 Å². The monoisotopic (exact) mass is 313 g/mol. The van der Waals surface area contributed by atoms with Crippen LogP contribution in [0.15, 0.2) is 29.4 Å². The first-order valence-electron chi connectivity index (χ1n) is 6.80. The van der Waals surface area contributed by atoms with E-state index < -0.39 is 5.97 Å². The summed E-state index contributed by atoms with van der Waals surface area (Å²) in [5, 5.41) is 20.1. The highest BCUT2D eigenvalue weighted by Crippen LogP contribution is 2.19. The summed E-state index contributed by atoms with van der Waals surface area (Å²) in [4.78, 5) is 10.4. The number of carbonyl (C=O) groups is 1. The number of alkyl halides is 1. The fourth-order valence-corrected chi connectivity index (χ4v) is 2.28. The maximum Gasteiger partial charge on any atom is 0.335 e. The van der Waals surface area contributed by atoms with Crippen LogP contribution >= 0.6 is 11.6 Å². The Morgan fingerprint density at radius 3 is 2.48 bits per heavy atom. The Balaban J connectivity index is 0.000000211. The zero-order valence-corrected chi connectivity index (χ0v) is 12.7. The fraction of sp³-hybridized carbons (Fsp3) is 0.467. The molecule has 0 heterocycles. The van der Waals surface area contributed by atoms with Gasteiger partial charge in [0.25, 0.3) is 0 Å². The fourth-order valence-electron chi connectivity index (χ4n) is 1.98. The number of benzene rings is 1. The lowest BCUT2D eigenvalue weighted by molar-refractivity contribution is 0.0697. The van der Waals surface area contributed by atoms with Crippen LogP contribution in [-0.2, 0) is 0 Å². The number of methoxy groups -OCH3 is 1. The lowest BCUT2D eigenvalue weighted by Gasteiger charge is -2.04. The molecule has 1 aromatic rings. The molecule has 0 radical (unpaired) electrons. The number of ether oxygens (including phenoxy) is 1. The minimum absolute atomic E-state index is 0.0208. The molecule has 5 nitrogen and oxygen atoms in total. The number of hydrogen-bond acceptors (Lipinski definition) is 4. The van der Waals surface area contributed by atoms with Crippen molar-refractivity contribution >= 4 is 23.3 Å². The molecule has 0 aliphatic heterocycles. The lowest BCUT2D eigenvalue weighted by Crippen LogP contribution is -2.11. The molecule has 2 N–H and O–H groups in total. The Hall–Kier alpha value is -1.75. The van der Waals surface area contributed by atoms with Crippen LogP contribution in [0.1, 0.15) is 42.5 Å². The second kappa shape index (κ2) is 9.23. The standard InChI is InChI=1S/C8H8O3.C7H12ClNO/c1-11-7-4-2-6(3-5-7)8(9)10;8-6-4-2-1-3-5-7(6)9-10/h2-5H,1H3,(H,9,10);6,10H,1-5H2. The van der Waals surface area contributed by atoms with Crippen molar-refractivity contribution in [3.05, 3.63) is 29.8 Å². The summed E-state index contributed by atoms with van der Waals surface area (Å²) in [7, 11) is 1.54. The molecule has 116 valence electrons. The van der Waals surface area contributed by atoms with Crippen LogP contribution in [0.3, 0.4) is 0 Å². The predicted octanol–water partition coefficient (Wildman–Crippen LogP) is 3.78. The van der Waals surface area contributed by atoms with E-state index in [2.05, 4.69) is 5.16 Å². The van der Waals surface area contributed by atoms with Crippen molar-refractivity contribution in [3.63, 3.8) is 0 Å². The second-order valence-electron chi connectivity index (χ2n) is 4.69. The van der Waals surface area contributed by atoms with Crippen LogP contribution < -0.4 is 4.74 Å². The van der Waals surface area contributed by atoms with Crippen molar-refractivity contribution in [3.8, 4) is 5.75 Å². The van der Waals surface area contributed by atoms with E-state index in [4.69, 9.17) is 26.7 Å². The summed E-state index contributed by atoms with van der Waals surface area (Å²) < 4.78 is 4.86. The SMILES string of the molecule is COc1ccc(C(=O)O)cc1.ON=C1CCCCCC1Cl. The van der Waals surface area contributed by atoms with Crippen molar-refractivity contribution in [1.29, 1.82) is 0 Å². The molecule has 1 saturated carbocycles. The van der Waals surface area contributed by atoms with E-state index >= 15 is 0 Å². The van der Waals surface area contributed by atoms with Gasteiger partial charge < -0.3 is 15.1 Å². The molecule has 21 heavy (non-hydrogen) atoms. The smallest absolute Gasteiger partial charge is 0.335 e. The van der Waals surface area contributed by atoms with E-state index in [1.807, 2.05) is 0 Å². The first kappa shape index (κ1) is 17.3. The highest BCUT2D eigenvalue weighted by molar-refractivity contribution is 6.32. The molecule has 1 unspecified atom stereocenters. The van der Waals surface area contributed by atoms with E-state index in [9.17, 15) is 4.79 Å². The number of carboxylic acids is 1. The van der Waals surface area contributed by atoms with E-state index in [1.54, 1.807) is 12.1 Å². The average Bonchev–Trinajstić information content (AvgIpc) is 2.72. The summed E-state index contributed by atoms with van der Waals surface area (Å²) in [5.41, 5.74) is 1.03. The van der Waals surface area contributed by atoms with Crippen LogP contribution in [0.2, 0.25) is 0 Å². The summed E-state index contributed by atoms with van der Waals surface area (Å²) >= 11 is 5.90. The number of halogens is 1. The molecule has 0 aromatic heterocycles. The van der Waals surface area contributed by atoms with Gasteiger partial charge in [-0.1, -0.05) is 18.0 Å². The second-order valence-corrected chi connectivity index (χ2v) is 5.22. The van der Waals surface area contributed by atoms with Crippen LogP contribution in [0.5, 0.6) is 5.75 Å². The number of nitrogens with zero attached hydrogens (tertiary/aromatic N) is 1. The van der Waals surface area contributed by atoms with Crippen LogP contribution in [-0.4, -0.2) is 34.5 Å². The first-order valence-corrected chi connectivity index (χ1v) is 7.24. The van der Waals surface area contributed by atoms with Gasteiger partial charge in [0.05, 0.1) is 23.8 Å². The topological polar surface area (TPSA) is 79.1 Å². The van der Waals surface area contributed by atoms with Crippen molar-refractivity contribution in [2.24, 2.45) is 5.16 Å². The average molecular weight is 314 g/mol. The van der Waals surface area contributed by atoms with Gasteiger partial charge in [-0.25, -0.2) is 4.79 Å². The quantitative estimate of drug-likeness (QED) is 0.377. The maximum atomic E-state index is 10.4. The van der Waals surface area contributed by atoms with Crippen molar-refractivity contribution in [1.82, 2.24) is 0 Å². The molecule has 1 atom stereocenters. The molecule has 1 aliphatic rings. The van der Waals surface area contributed by atoms with Gasteiger partial charge >= 0.3 is 5.97 Å². The molecule has 0 amide bonds. The Labute approximate surface area is 129 Å². The van der Waals surface area contributed by atoms with Gasteiger partial charge in [-0.3, -0.25) is 0 Å². The number of carboxylic acid groups (broad SMARTS) is 1. The summed E-state index contributed by atoms with van der Waals surface area (Å²) in [6.45, 7) is 0. The van der Waals surface area contributed by atoms with Gasteiger partial charge in [0.15, 0.2) is 0 Å². The van der Waals surface area contributed by atoms with Gasteiger partial charge in [0, 0.05) is 0 Å². The highest BCUT2D eigenvalue weighted by atomic mass is 35.5. The molecule has 6 heteroatoms. The minimum atomic E-state index is -0.923. The molecule has 1 aromatic carbocycles. The zero-order chi connectivity index (χ0) is 15.7. The highest BCUT2D eigenvalue weighted by Gasteiger charge is 2.16. The van der Waals surface area contributed by atoms with Gasteiger partial charge in [-0.15, -0.1) is 11.6 Å². The van der Waals surface area contributed by atoms with E-state index in [0.717, 1.165) is 31.4 Å². The third-order valence-electron chi connectivity index (χ3n) is 3.22. The Morgan fingerprint density at radius 1 is 1.29 bits per heavy atom. The Bertz CT molecular complexity index is 473. The van der Waals surface area contributed by atoms with Gasteiger partial charge in [0.1, 0.15) is 5.75 Å². The molecule has 0 saturated heterocycles.